The van der Waals surface area contributed by atoms with E-state index in [1.807, 2.05) is 18.7 Å². The number of hydrazine groups is 1. The number of carbonyl (C=O) groups is 1. The van der Waals surface area contributed by atoms with Gasteiger partial charge >= 0.3 is 0 Å². The maximum atomic E-state index is 11.9. The monoisotopic (exact) mass is 268 g/mol. The first-order valence-corrected chi connectivity index (χ1v) is 7.14. The maximum Gasteiger partial charge on any atom is 0.270 e. The number of nitrogens with two attached hydrogens (primary N) is 1. The van der Waals surface area contributed by atoms with Gasteiger partial charge in [0.25, 0.3) is 5.91 Å². The normalized spacial score (nSPS) is 11.9. The van der Waals surface area contributed by atoms with Crippen LogP contribution < -0.4 is 16.6 Å². The van der Waals surface area contributed by atoms with Crippen LogP contribution in [-0.2, 0) is 0 Å². The molecule has 1 rings (SSSR count). The van der Waals surface area contributed by atoms with E-state index < -0.39 is 0 Å². The number of nitrogen functional groups attached to an aromatic ring is 1. The van der Waals surface area contributed by atoms with Crippen molar-refractivity contribution in [1.82, 2.24) is 10.3 Å². The highest BCUT2D eigenvalue weighted by Gasteiger charge is 2.11. The lowest BCUT2D eigenvalue weighted by molar-refractivity contribution is 0.0934. The Labute approximate surface area is 112 Å². The van der Waals surface area contributed by atoms with E-state index in [1.165, 1.54) is 0 Å². The van der Waals surface area contributed by atoms with Crippen LogP contribution >= 0.6 is 11.8 Å². The second-order valence-corrected chi connectivity index (χ2v) is 5.33. The minimum absolute atomic E-state index is 0.146. The van der Waals surface area contributed by atoms with Crippen molar-refractivity contribution in [3.8, 4) is 0 Å². The number of hydrogen-bond acceptors (Lipinski definition) is 5. The minimum atomic E-state index is -0.166. The number of amides is 1. The topological polar surface area (TPSA) is 80.0 Å². The van der Waals surface area contributed by atoms with Crippen molar-refractivity contribution in [3.63, 3.8) is 0 Å². The first-order valence-electron chi connectivity index (χ1n) is 5.98. The van der Waals surface area contributed by atoms with Gasteiger partial charge in [0.2, 0.25) is 0 Å². The van der Waals surface area contributed by atoms with Crippen molar-refractivity contribution >= 4 is 23.4 Å². The fourth-order valence-electron chi connectivity index (χ4n) is 1.42. The van der Waals surface area contributed by atoms with Gasteiger partial charge in [0.1, 0.15) is 5.69 Å². The molecule has 5 nitrogen and oxygen atoms in total. The van der Waals surface area contributed by atoms with Crippen LogP contribution in [0.1, 0.15) is 30.8 Å². The lowest BCUT2D eigenvalue weighted by Gasteiger charge is -2.13. The lowest BCUT2D eigenvalue weighted by Crippen LogP contribution is -2.33. The molecule has 0 saturated heterocycles. The van der Waals surface area contributed by atoms with Crippen LogP contribution in [0.4, 0.5) is 5.69 Å². The fourth-order valence-corrected chi connectivity index (χ4v) is 2.23. The molecule has 100 valence electrons. The molecule has 0 bridgehead atoms. The number of nitrogens with one attached hydrogen (secondary N) is 2. The van der Waals surface area contributed by atoms with Gasteiger partial charge in [-0.15, -0.1) is 0 Å². The minimum Gasteiger partial charge on any atom is -0.348 e. The van der Waals surface area contributed by atoms with Crippen molar-refractivity contribution in [2.45, 2.75) is 26.3 Å². The zero-order valence-electron chi connectivity index (χ0n) is 10.8. The van der Waals surface area contributed by atoms with Crippen LogP contribution in [0.2, 0.25) is 0 Å². The lowest BCUT2D eigenvalue weighted by atomic mass is 10.2. The van der Waals surface area contributed by atoms with Crippen molar-refractivity contribution in [3.05, 3.63) is 24.0 Å². The number of thioether (sulfide) groups is 1. The summed E-state index contributed by atoms with van der Waals surface area (Å²) in [7, 11) is 0. The van der Waals surface area contributed by atoms with Gasteiger partial charge in [0, 0.05) is 12.2 Å². The highest BCUT2D eigenvalue weighted by Crippen LogP contribution is 2.07. The molecule has 1 aromatic heterocycles. The highest BCUT2D eigenvalue weighted by atomic mass is 32.2. The molecule has 0 aliphatic rings. The van der Waals surface area contributed by atoms with Crippen LogP contribution in [-0.4, -0.2) is 28.4 Å². The third-order valence-corrected chi connectivity index (χ3v) is 3.37. The predicted octanol–water partition coefficient (Wildman–Crippen LogP) is 1.63. The Bertz CT molecular complexity index is 386. The molecule has 4 N–H and O–H groups in total. The van der Waals surface area contributed by atoms with Gasteiger partial charge in [0.05, 0.1) is 5.69 Å². The maximum absolute atomic E-state index is 11.9. The Kier molecular flexibility index (Phi) is 6.53. The molecule has 0 aliphatic heterocycles. The van der Waals surface area contributed by atoms with Crippen molar-refractivity contribution < 1.29 is 4.79 Å². The standard InChI is InChI=1S/C12H20N4OS/c1-3-18-7-5-9(2)15-12(17)11-8-10(16-13)4-6-14-11/h4,6,8-9H,3,5,7,13H2,1-2H3,(H,14,16)(H,15,17). The fraction of sp³-hybridized carbons (Fsp3) is 0.500. The third-order valence-electron chi connectivity index (χ3n) is 2.44. The molecule has 0 aromatic carbocycles. The average molecular weight is 268 g/mol. The molecule has 6 heteroatoms. The van der Waals surface area contributed by atoms with Crippen molar-refractivity contribution in [1.29, 1.82) is 0 Å². The number of carbonyl (C=O) groups excluding carboxylic acids is 1. The number of nitrogens with zero attached hydrogens (tertiary/aromatic N) is 1. The van der Waals surface area contributed by atoms with Gasteiger partial charge in [0.15, 0.2) is 0 Å². The molecular formula is C12H20N4OS. The van der Waals surface area contributed by atoms with Gasteiger partial charge in [-0.3, -0.25) is 15.6 Å². The van der Waals surface area contributed by atoms with Crippen LogP contribution in [0.5, 0.6) is 0 Å². The Morgan fingerprint density at radius 2 is 2.39 bits per heavy atom. The van der Waals surface area contributed by atoms with E-state index >= 15 is 0 Å². The first kappa shape index (κ1) is 14.8. The molecule has 0 radical (unpaired) electrons. The summed E-state index contributed by atoms with van der Waals surface area (Å²) in [4.78, 5) is 15.9. The Morgan fingerprint density at radius 1 is 1.61 bits per heavy atom. The van der Waals surface area contributed by atoms with E-state index in [1.54, 1.807) is 18.3 Å². The molecule has 1 unspecified atom stereocenters. The van der Waals surface area contributed by atoms with E-state index in [-0.39, 0.29) is 11.9 Å². The van der Waals surface area contributed by atoms with E-state index in [4.69, 9.17) is 5.84 Å². The quantitative estimate of drug-likeness (QED) is 0.398. The van der Waals surface area contributed by atoms with E-state index in [9.17, 15) is 4.79 Å². The summed E-state index contributed by atoms with van der Waals surface area (Å²) in [6.45, 7) is 4.13. The van der Waals surface area contributed by atoms with Crippen molar-refractivity contribution in [2.75, 3.05) is 16.9 Å². The van der Waals surface area contributed by atoms with E-state index in [0.717, 1.165) is 17.9 Å². The molecule has 1 heterocycles. The molecule has 0 fully saturated rings. The number of rotatable bonds is 7. The van der Waals surface area contributed by atoms with Crippen LogP contribution in [0.15, 0.2) is 18.3 Å². The van der Waals surface area contributed by atoms with E-state index in [2.05, 4.69) is 22.7 Å². The molecule has 1 amide bonds. The summed E-state index contributed by atoms with van der Waals surface area (Å²) in [5.41, 5.74) is 3.54. The molecule has 18 heavy (non-hydrogen) atoms. The number of hydrogen-bond donors (Lipinski definition) is 3. The summed E-state index contributed by atoms with van der Waals surface area (Å²) in [5, 5.41) is 2.92. The Morgan fingerprint density at radius 3 is 3.06 bits per heavy atom. The predicted molar refractivity (Wildman–Crippen MR) is 76.6 cm³/mol. The third kappa shape index (κ3) is 4.93. The second kappa shape index (κ2) is 7.94. The Hall–Kier alpha value is -1.27. The van der Waals surface area contributed by atoms with Gasteiger partial charge in [-0.1, -0.05) is 6.92 Å². The summed E-state index contributed by atoms with van der Waals surface area (Å²) in [6.07, 6.45) is 2.51. The second-order valence-electron chi connectivity index (χ2n) is 3.93. The SMILES string of the molecule is CCSCCC(C)NC(=O)c1cc(NN)ccn1. The molecule has 1 atom stereocenters. The van der Waals surface area contributed by atoms with Crippen LogP contribution in [0.3, 0.4) is 0 Å². The number of pyridine rings is 1. The molecule has 0 aliphatic carbocycles. The zero-order valence-corrected chi connectivity index (χ0v) is 11.6. The Balaban J connectivity index is 2.48. The highest BCUT2D eigenvalue weighted by molar-refractivity contribution is 7.99. The van der Waals surface area contributed by atoms with Gasteiger partial charge in [-0.25, -0.2) is 0 Å². The van der Waals surface area contributed by atoms with Gasteiger partial charge in [-0.05, 0) is 37.0 Å². The average Bonchev–Trinajstić information content (AvgIpc) is 2.39. The number of anilines is 1. The van der Waals surface area contributed by atoms with Gasteiger partial charge in [-0.2, -0.15) is 11.8 Å². The van der Waals surface area contributed by atoms with Crippen LogP contribution in [0, 0.1) is 0 Å². The molecular weight excluding hydrogens is 248 g/mol. The smallest absolute Gasteiger partial charge is 0.270 e. The largest absolute Gasteiger partial charge is 0.348 e. The number of aromatic nitrogens is 1. The summed E-state index contributed by atoms with van der Waals surface area (Å²) >= 11 is 1.87. The van der Waals surface area contributed by atoms with Gasteiger partial charge < -0.3 is 10.7 Å². The van der Waals surface area contributed by atoms with Crippen LogP contribution in [0.25, 0.3) is 0 Å². The first-order chi connectivity index (χ1) is 8.67. The molecule has 0 saturated carbocycles. The van der Waals surface area contributed by atoms with Crippen molar-refractivity contribution in [2.24, 2.45) is 5.84 Å². The zero-order chi connectivity index (χ0) is 13.4. The van der Waals surface area contributed by atoms with E-state index in [0.29, 0.717) is 11.4 Å². The molecule has 1 aromatic rings. The summed E-state index contributed by atoms with van der Waals surface area (Å²) in [6, 6.07) is 3.48. The summed E-state index contributed by atoms with van der Waals surface area (Å²) < 4.78 is 0. The summed E-state index contributed by atoms with van der Waals surface area (Å²) in [5.74, 6) is 7.28. The molecule has 0 spiro atoms.